The Morgan fingerprint density at radius 1 is 1.24 bits per heavy atom. The summed E-state index contributed by atoms with van der Waals surface area (Å²) in [5, 5.41) is 0. The Bertz CT molecular complexity index is 431. The van der Waals surface area contributed by atoms with Crippen LogP contribution in [-0.2, 0) is 20.7 Å². The van der Waals surface area contributed by atoms with Gasteiger partial charge >= 0.3 is 11.9 Å². The summed E-state index contributed by atoms with van der Waals surface area (Å²) in [5.41, 5.74) is 2.12. The van der Waals surface area contributed by atoms with E-state index in [1.165, 1.54) is 5.56 Å². The van der Waals surface area contributed by atoms with Gasteiger partial charge in [-0.1, -0.05) is 38.1 Å². The first-order valence-electron chi connectivity index (χ1n) is 5.89. The highest BCUT2D eigenvalue weighted by atomic mass is 16.6. The molecule has 0 spiro atoms. The van der Waals surface area contributed by atoms with E-state index < -0.39 is 17.9 Å². The lowest BCUT2D eigenvalue weighted by molar-refractivity contribution is -0.152. The molecule has 2 rings (SSSR count). The number of benzene rings is 1. The van der Waals surface area contributed by atoms with Gasteiger partial charge in [0.05, 0.1) is 12.3 Å². The van der Waals surface area contributed by atoms with Crippen molar-refractivity contribution in [2.75, 3.05) is 0 Å². The van der Waals surface area contributed by atoms with E-state index in [9.17, 15) is 9.59 Å². The molecule has 0 radical (unpaired) electrons. The number of hydrogen-bond donors (Lipinski definition) is 0. The smallest absolute Gasteiger partial charge is 0.321 e. The second kappa shape index (κ2) is 4.70. The molecule has 1 fully saturated rings. The van der Waals surface area contributed by atoms with Crippen molar-refractivity contribution in [2.45, 2.75) is 32.6 Å². The van der Waals surface area contributed by atoms with Crippen molar-refractivity contribution < 1.29 is 14.3 Å². The maximum Gasteiger partial charge on any atom is 0.321 e. The number of rotatable bonds is 3. The summed E-state index contributed by atoms with van der Waals surface area (Å²) in [6, 6.07) is 7.88. The predicted octanol–water partition coefficient (Wildman–Crippen LogP) is 2.44. The molecule has 1 heterocycles. The summed E-state index contributed by atoms with van der Waals surface area (Å²) in [5.74, 6) is -0.646. The quantitative estimate of drug-likeness (QED) is 0.594. The highest BCUT2D eigenvalue weighted by Crippen LogP contribution is 2.27. The Hall–Kier alpha value is -1.64. The molecule has 1 aromatic carbocycles. The summed E-state index contributed by atoms with van der Waals surface area (Å²) in [6.45, 7) is 4.34. The van der Waals surface area contributed by atoms with Gasteiger partial charge < -0.3 is 4.74 Å². The fraction of sp³-hybridized carbons (Fsp3) is 0.429. The van der Waals surface area contributed by atoms with Crippen molar-refractivity contribution in [2.24, 2.45) is 5.92 Å². The van der Waals surface area contributed by atoms with Gasteiger partial charge in [-0.05, 0) is 23.5 Å². The number of carbonyl (C=O) groups excluding carboxylic acids is 2. The normalized spacial score (nSPS) is 19.8. The molecule has 1 saturated heterocycles. The average molecular weight is 232 g/mol. The molecule has 3 heteroatoms. The van der Waals surface area contributed by atoms with Gasteiger partial charge in [-0.2, -0.15) is 0 Å². The van der Waals surface area contributed by atoms with Crippen LogP contribution in [0.5, 0.6) is 0 Å². The fourth-order valence-corrected chi connectivity index (χ4v) is 2.09. The first kappa shape index (κ1) is 11.8. The zero-order chi connectivity index (χ0) is 12.4. The number of esters is 2. The van der Waals surface area contributed by atoms with Crippen molar-refractivity contribution in [1.82, 2.24) is 0 Å². The van der Waals surface area contributed by atoms with Crippen LogP contribution in [-0.4, -0.2) is 11.9 Å². The van der Waals surface area contributed by atoms with Crippen molar-refractivity contribution >= 4 is 11.9 Å². The molecule has 1 aromatic rings. The number of cyclic esters (lactones) is 2. The zero-order valence-electron chi connectivity index (χ0n) is 10.1. The zero-order valence-corrected chi connectivity index (χ0v) is 10.1. The molecule has 90 valence electrons. The van der Waals surface area contributed by atoms with Gasteiger partial charge in [0.2, 0.25) is 0 Å². The minimum atomic E-state index is -0.425. The summed E-state index contributed by atoms with van der Waals surface area (Å²) < 4.78 is 4.55. The topological polar surface area (TPSA) is 43.4 Å². The Kier molecular flexibility index (Phi) is 3.27. The highest BCUT2D eigenvalue weighted by molar-refractivity contribution is 5.97. The summed E-state index contributed by atoms with van der Waals surface area (Å²) >= 11 is 0. The van der Waals surface area contributed by atoms with Gasteiger partial charge in [0.25, 0.3) is 0 Å². The predicted molar refractivity (Wildman–Crippen MR) is 63.4 cm³/mol. The van der Waals surface area contributed by atoms with Gasteiger partial charge in [-0.15, -0.1) is 0 Å². The van der Waals surface area contributed by atoms with Crippen molar-refractivity contribution in [3.63, 3.8) is 0 Å². The number of ether oxygens (including phenoxy) is 1. The molecule has 0 bridgehead atoms. The second-order valence-electron chi connectivity index (χ2n) is 4.89. The van der Waals surface area contributed by atoms with E-state index in [4.69, 9.17) is 0 Å². The first-order valence-corrected chi connectivity index (χ1v) is 5.89. The Morgan fingerprint density at radius 3 is 2.35 bits per heavy atom. The molecule has 17 heavy (non-hydrogen) atoms. The van der Waals surface area contributed by atoms with Gasteiger partial charge in [0.1, 0.15) is 0 Å². The molecule has 1 aliphatic heterocycles. The number of hydrogen-bond acceptors (Lipinski definition) is 3. The lowest BCUT2D eigenvalue weighted by atomic mass is 9.95. The van der Waals surface area contributed by atoms with Gasteiger partial charge in [0.15, 0.2) is 0 Å². The standard InChI is InChI=1S/C14H16O3/c1-9(2)7-10-3-5-11(6-4-10)12-8-13(15)17-14(12)16/h3-6,9,12H,7-8H2,1-2H3. The lowest BCUT2D eigenvalue weighted by Crippen LogP contribution is -2.05. The Labute approximate surface area is 101 Å². The molecule has 0 aliphatic carbocycles. The molecule has 0 N–H and O–H groups in total. The van der Waals surface area contributed by atoms with Crippen molar-refractivity contribution in [3.05, 3.63) is 35.4 Å². The van der Waals surface area contributed by atoms with Crippen LogP contribution in [0.4, 0.5) is 0 Å². The van der Waals surface area contributed by atoms with E-state index in [1.807, 2.05) is 24.3 Å². The molecular weight excluding hydrogens is 216 g/mol. The highest BCUT2D eigenvalue weighted by Gasteiger charge is 2.34. The molecular formula is C14H16O3. The van der Waals surface area contributed by atoms with Crippen LogP contribution in [0.15, 0.2) is 24.3 Å². The number of carbonyl (C=O) groups is 2. The molecule has 1 atom stereocenters. The van der Waals surface area contributed by atoms with Gasteiger partial charge in [-0.25, -0.2) is 0 Å². The molecule has 1 unspecified atom stereocenters. The van der Waals surface area contributed by atoms with Crippen LogP contribution in [0.2, 0.25) is 0 Å². The summed E-state index contributed by atoms with van der Waals surface area (Å²) in [7, 11) is 0. The van der Waals surface area contributed by atoms with Crippen LogP contribution in [0.25, 0.3) is 0 Å². The van der Waals surface area contributed by atoms with Crippen molar-refractivity contribution in [1.29, 1.82) is 0 Å². The Morgan fingerprint density at radius 2 is 1.88 bits per heavy atom. The fourth-order valence-electron chi connectivity index (χ4n) is 2.09. The van der Waals surface area contributed by atoms with Crippen LogP contribution in [0.1, 0.15) is 37.3 Å². The third-order valence-corrected chi connectivity index (χ3v) is 2.90. The van der Waals surface area contributed by atoms with Crippen molar-refractivity contribution in [3.8, 4) is 0 Å². The first-order chi connectivity index (χ1) is 8.06. The van der Waals surface area contributed by atoms with E-state index in [-0.39, 0.29) is 6.42 Å². The van der Waals surface area contributed by atoms with Gasteiger partial charge in [-0.3, -0.25) is 9.59 Å². The van der Waals surface area contributed by atoms with Crippen LogP contribution < -0.4 is 0 Å². The minimum Gasteiger partial charge on any atom is -0.393 e. The largest absolute Gasteiger partial charge is 0.393 e. The second-order valence-corrected chi connectivity index (χ2v) is 4.89. The molecule has 0 aromatic heterocycles. The van der Waals surface area contributed by atoms with E-state index in [2.05, 4.69) is 18.6 Å². The Balaban J connectivity index is 2.13. The van der Waals surface area contributed by atoms with Gasteiger partial charge in [0, 0.05) is 0 Å². The third kappa shape index (κ3) is 2.73. The van der Waals surface area contributed by atoms with E-state index in [1.54, 1.807) is 0 Å². The maximum absolute atomic E-state index is 11.4. The van der Waals surface area contributed by atoms with E-state index in [0.29, 0.717) is 5.92 Å². The maximum atomic E-state index is 11.4. The lowest BCUT2D eigenvalue weighted by Gasteiger charge is -2.08. The van der Waals surface area contributed by atoms with E-state index >= 15 is 0 Å². The van der Waals surface area contributed by atoms with E-state index in [0.717, 1.165) is 12.0 Å². The molecule has 1 aliphatic rings. The van der Waals surface area contributed by atoms with Crippen LogP contribution in [0.3, 0.4) is 0 Å². The summed E-state index contributed by atoms with van der Waals surface area (Å²) in [6.07, 6.45) is 1.19. The average Bonchev–Trinajstić information content (AvgIpc) is 2.58. The molecule has 0 saturated carbocycles. The monoisotopic (exact) mass is 232 g/mol. The third-order valence-electron chi connectivity index (χ3n) is 2.90. The SMILES string of the molecule is CC(C)Cc1ccc(C2CC(=O)OC2=O)cc1. The van der Waals surface area contributed by atoms with Crippen LogP contribution in [0, 0.1) is 5.92 Å². The minimum absolute atomic E-state index is 0.169. The molecule has 0 amide bonds. The molecule has 3 nitrogen and oxygen atoms in total. The summed E-state index contributed by atoms with van der Waals surface area (Å²) in [4.78, 5) is 22.4. The van der Waals surface area contributed by atoms with Crippen LogP contribution >= 0.6 is 0 Å².